The quantitative estimate of drug-likeness (QED) is 0.469. The molecule has 0 aliphatic rings. The molecular formula is C5H10N2O3. The monoisotopic (exact) mass is 146 g/mol. The van der Waals surface area contributed by atoms with Crippen LogP contribution in [0.25, 0.3) is 0 Å². The Hall–Kier alpha value is -0.940. The fourth-order valence-electron chi connectivity index (χ4n) is 0.324. The lowest BCUT2D eigenvalue weighted by atomic mass is 10.4. The summed E-state index contributed by atoms with van der Waals surface area (Å²) in [7, 11) is 0. The summed E-state index contributed by atoms with van der Waals surface area (Å²) in [6.07, 6.45) is 0. The Bertz CT molecular complexity index is 135. The SMILES string of the molecule is NCC(=O)COCC(N)=O. The lowest BCUT2D eigenvalue weighted by Crippen LogP contribution is -2.24. The van der Waals surface area contributed by atoms with Crippen LogP contribution in [0.4, 0.5) is 0 Å². The smallest absolute Gasteiger partial charge is 0.243 e. The predicted molar refractivity (Wildman–Crippen MR) is 34.1 cm³/mol. The first-order chi connectivity index (χ1) is 4.66. The number of Topliss-reactive ketones (excluding diaryl/α,β-unsaturated/α-hetero) is 1. The molecule has 0 aromatic rings. The van der Waals surface area contributed by atoms with Crippen molar-refractivity contribution in [2.75, 3.05) is 19.8 Å². The summed E-state index contributed by atoms with van der Waals surface area (Å²) in [5.74, 6) is -0.842. The van der Waals surface area contributed by atoms with Crippen LogP contribution >= 0.6 is 0 Å². The number of hydrogen-bond acceptors (Lipinski definition) is 4. The number of ketones is 1. The molecule has 1 amide bonds. The van der Waals surface area contributed by atoms with E-state index in [1.165, 1.54) is 0 Å². The van der Waals surface area contributed by atoms with Gasteiger partial charge < -0.3 is 16.2 Å². The number of nitrogens with two attached hydrogens (primary N) is 2. The Morgan fingerprint density at radius 3 is 2.30 bits per heavy atom. The van der Waals surface area contributed by atoms with E-state index in [1.807, 2.05) is 0 Å². The van der Waals surface area contributed by atoms with Gasteiger partial charge in [-0.3, -0.25) is 9.59 Å². The van der Waals surface area contributed by atoms with E-state index in [4.69, 9.17) is 11.5 Å². The zero-order chi connectivity index (χ0) is 7.98. The van der Waals surface area contributed by atoms with Crippen molar-refractivity contribution in [2.24, 2.45) is 11.5 Å². The third-order valence-electron chi connectivity index (χ3n) is 0.735. The van der Waals surface area contributed by atoms with E-state index in [-0.39, 0.29) is 25.5 Å². The van der Waals surface area contributed by atoms with Crippen molar-refractivity contribution in [1.82, 2.24) is 0 Å². The third-order valence-corrected chi connectivity index (χ3v) is 0.735. The van der Waals surface area contributed by atoms with E-state index in [0.717, 1.165) is 0 Å². The lowest BCUT2D eigenvalue weighted by Gasteiger charge is -1.96. The minimum atomic E-state index is -0.593. The van der Waals surface area contributed by atoms with Gasteiger partial charge in [-0.15, -0.1) is 0 Å². The first-order valence-electron chi connectivity index (χ1n) is 2.74. The first-order valence-corrected chi connectivity index (χ1v) is 2.74. The fraction of sp³-hybridized carbons (Fsp3) is 0.600. The predicted octanol–water partition coefficient (Wildman–Crippen LogP) is -1.98. The van der Waals surface area contributed by atoms with Crippen LogP contribution in [0.15, 0.2) is 0 Å². The van der Waals surface area contributed by atoms with E-state index < -0.39 is 5.91 Å². The van der Waals surface area contributed by atoms with Gasteiger partial charge >= 0.3 is 0 Å². The summed E-state index contributed by atoms with van der Waals surface area (Å²) < 4.78 is 4.54. The number of hydrogen-bond donors (Lipinski definition) is 2. The molecule has 0 radical (unpaired) electrons. The average Bonchev–Trinajstić information content (AvgIpc) is 1.87. The highest BCUT2D eigenvalue weighted by atomic mass is 16.5. The molecule has 5 heteroatoms. The van der Waals surface area contributed by atoms with Crippen LogP contribution in [0.3, 0.4) is 0 Å². The standard InChI is InChI=1S/C5H10N2O3/c6-1-4(8)2-10-3-5(7)9/h1-3,6H2,(H2,7,9). The highest BCUT2D eigenvalue weighted by molar-refractivity contribution is 5.82. The van der Waals surface area contributed by atoms with Gasteiger partial charge in [0, 0.05) is 0 Å². The molecule has 0 rings (SSSR count). The molecule has 0 fully saturated rings. The number of rotatable bonds is 5. The van der Waals surface area contributed by atoms with Crippen molar-refractivity contribution >= 4 is 11.7 Å². The maximum atomic E-state index is 10.4. The Balaban J connectivity index is 3.20. The van der Waals surface area contributed by atoms with Crippen LogP contribution in [0.2, 0.25) is 0 Å². The Morgan fingerprint density at radius 1 is 1.30 bits per heavy atom. The molecule has 0 saturated carbocycles. The van der Waals surface area contributed by atoms with Gasteiger partial charge in [-0.1, -0.05) is 0 Å². The minimum Gasteiger partial charge on any atom is -0.368 e. The molecule has 0 bridgehead atoms. The Kier molecular flexibility index (Phi) is 4.43. The first kappa shape index (κ1) is 9.06. The molecule has 5 nitrogen and oxygen atoms in total. The van der Waals surface area contributed by atoms with Crippen LogP contribution < -0.4 is 11.5 Å². The van der Waals surface area contributed by atoms with E-state index in [9.17, 15) is 9.59 Å². The van der Waals surface area contributed by atoms with Crippen molar-refractivity contribution < 1.29 is 14.3 Å². The number of amides is 1. The van der Waals surface area contributed by atoms with Crippen molar-refractivity contribution in [3.8, 4) is 0 Å². The zero-order valence-electron chi connectivity index (χ0n) is 5.50. The van der Waals surface area contributed by atoms with Gasteiger partial charge in [0.15, 0.2) is 5.78 Å². The second kappa shape index (κ2) is 4.89. The maximum absolute atomic E-state index is 10.4. The van der Waals surface area contributed by atoms with Gasteiger partial charge in [-0.2, -0.15) is 0 Å². The number of ether oxygens (including phenoxy) is 1. The third kappa shape index (κ3) is 5.20. The molecule has 0 aliphatic carbocycles. The molecule has 10 heavy (non-hydrogen) atoms. The summed E-state index contributed by atoms with van der Waals surface area (Å²) >= 11 is 0. The molecule has 0 unspecified atom stereocenters. The van der Waals surface area contributed by atoms with Gasteiger partial charge in [0.1, 0.15) is 13.2 Å². The van der Waals surface area contributed by atoms with Gasteiger partial charge in [0.2, 0.25) is 5.91 Å². The Labute approximate surface area is 58.3 Å². The number of carbonyl (C=O) groups excluding carboxylic acids is 2. The fourth-order valence-corrected chi connectivity index (χ4v) is 0.324. The van der Waals surface area contributed by atoms with E-state index in [0.29, 0.717) is 0 Å². The van der Waals surface area contributed by atoms with Gasteiger partial charge in [0.25, 0.3) is 0 Å². The largest absolute Gasteiger partial charge is 0.368 e. The number of carbonyl (C=O) groups is 2. The van der Waals surface area contributed by atoms with E-state index in [1.54, 1.807) is 0 Å². The molecule has 0 spiro atoms. The highest BCUT2D eigenvalue weighted by Crippen LogP contribution is 1.74. The summed E-state index contributed by atoms with van der Waals surface area (Å²) in [5.41, 5.74) is 9.66. The second-order valence-corrected chi connectivity index (χ2v) is 1.70. The van der Waals surface area contributed by atoms with Crippen molar-refractivity contribution in [2.45, 2.75) is 0 Å². The van der Waals surface area contributed by atoms with E-state index >= 15 is 0 Å². The van der Waals surface area contributed by atoms with Gasteiger partial charge in [0.05, 0.1) is 6.54 Å². The van der Waals surface area contributed by atoms with Crippen LogP contribution in [0.5, 0.6) is 0 Å². The van der Waals surface area contributed by atoms with Gasteiger partial charge in [-0.25, -0.2) is 0 Å². The molecule has 0 heterocycles. The summed E-state index contributed by atoms with van der Waals surface area (Å²) in [6, 6.07) is 0. The molecule has 0 saturated heterocycles. The lowest BCUT2D eigenvalue weighted by molar-refractivity contribution is -0.127. The summed E-state index contributed by atoms with van der Waals surface area (Å²) in [5, 5.41) is 0. The highest BCUT2D eigenvalue weighted by Gasteiger charge is 1.99. The number of primary amides is 1. The normalized spacial score (nSPS) is 9.30. The van der Waals surface area contributed by atoms with Crippen molar-refractivity contribution in [1.29, 1.82) is 0 Å². The average molecular weight is 146 g/mol. The van der Waals surface area contributed by atoms with Crippen molar-refractivity contribution in [3.05, 3.63) is 0 Å². The van der Waals surface area contributed by atoms with Crippen LogP contribution in [-0.2, 0) is 14.3 Å². The Morgan fingerprint density at radius 2 is 1.90 bits per heavy atom. The topological polar surface area (TPSA) is 95.4 Å². The zero-order valence-corrected chi connectivity index (χ0v) is 5.50. The molecule has 0 aromatic heterocycles. The van der Waals surface area contributed by atoms with Crippen LogP contribution in [-0.4, -0.2) is 31.4 Å². The summed E-state index contributed by atoms with van der Waals surface area (Å²) in [6.45, 7) is -0.441. The molecule has 0 atom stereocenters. The van der Waals surface area contributed by atoms with Crippen molar-refractivity contribution in [3.63, 3.8) is 0 Å². The second-order valence-electron chi connectivity index (χ2n) is 1.70. The van der Waals surface area contributed by atoms with Crippen LogP contribution in [0, 0.1) is 0 Å². The van der Waals surface area contributed by atoms with Gasteiger partial charge in [-0.05, 0) is 0 Å². The maximum Gasteiger partial charge on any atom is 0.243 e. The molecule has 0 aliphatic heterocycles. The summed E-state index contributed by atoms with van der Waals surface area (Å²) in [4.78, 5) is 20.4. The minimum absolute atomic E-state index is 0.0707. The molecule has 58 valence electrons. The van der Waals surface area contributed by atoms with E-state index in [2.05, 4.69) is 4.74 Å². The molecule has 4 N–H and O–H groups in total. The molecular weight excluding hydrogens is 136 g/mol. The molecule has 0 aromatic carbocycles. The van der Waals surface area contributed by atoms with Crippen LogP contribution in [0.1, 0.15) is 0 Å².